The van der Waals surface area contributed by atoms with Crippen LogP contribution in [0.4, 0.5) is 0 Å². The van der Waals surface area contributed by atoms with Crippen LogP contribution in [0.15, 0.2) is 46.9 Å². The smallest absolute Gasteiger partial charge is 0.222 e. The van der Waals surface area contributed by atoms with E-state index in [1.54, 1.807) is 12.1 Å². The minimum absolute atomic E-state index is 0.225. The Balaban J connectivity index is 2.11. The Morgan fingerprint density at radius 2 is 1.70 bits per heavy atom. The Labute approximate surface area is 115 Å². The first-order valence-corrected chi connectivity index (χ1v) is 6.25. The fourth-order valence-electron chi connectivity index (χ4n) is 2.33. The molecule has 0 saturated heterocycles. The fraction of sp³-hybridized carbons (Fsp3) is 0.188. The molecule has 0 fully saturated rings. The molecule has 0 aliphatic heterocycles. The lowest BCUT2D eigenvalue weighted by Gasteiger charge is -2.11. The third-order valence-electron chi connectivity index (χ3n) is 3.31. The van der Waals surface area contributed by atoms with Crippen molar-refractivity contribution in [3.63, 3.8) is 0 Å². The van der Waals surface area contributed by atoms with Crippen LogP contribution in [-0.4, -0.2) is 26.3 Å². The summed E-state index contributed by atoms with van der Waals surface area (Å²) in [6.07, 6.45) is -0.892. The minimum atomic E-state index is -0.892. The van der Waals surface area contributed by atoms with Gasteiger partial charge in [-0.3, -0.25) is 4.79 Å². The third kappa shape index (κ3) is 1.99. The second-order valence-electron chi connectivity index (χ2n) is 4.48. The Morgan fingerprint density at radius 1 is 1.00 bits per heavy atom. The van der Waals surface area contributed by atoms with Gasteiger partial charge in [-0.2, -0.15) is 0 Å². The van der Waals surface area contributed by atoms with Crippen molar-refractivity contribution in [2.24, 2.45) is 0 Å². The molecule has 1 heterocycles. The number of hydrogen-bond donors (Lipinski definition) is 0. The molecule has 20 heavy (non-hydrogen) atoms. The molecular weight excluding hydrogens is 256 g/mol. The molecule has 0 N–H and O–H groups in total. The average Bonchev–Trinajstić information content (AvgIpc) is 2.86. The summed E-state index contributed by atoms with van der Waals surface area (Å²) in [4.78, 5) is 12.2. The van der Waals surface area contributed by atoms with E-state index in [0.29, 0.717) is 11.1 Å². The maximum Gasteiger partial charge on any atom is 0.222 e. The second-order valence-corrected chi connectivity index (χ2v) is 4.48. The normalized spacial score (nSPS) is 11.6. The molecule has 0 aliphatic rings. The van der Waals surface area contributed by atoms with Crippen LogP contribution < -0.4 is 0 Å². The first-order valence-electron chi connectivity index (χ1n) is 6.25. The summed E-state index contributed by atoms with van der Waals surface area (Å²) in [6.45, 7) is 0. The van der Waals surface area contributed by atoms with Gasteiger partial charge >= 0.3 is 0 Å². The quantitative estimate of drug-likeness (QED) is 0.538. The molecule has 1 aromatic heterocycles. The van der Waals surface area contributed by atoms with E-state index in [9.17, 15) is 4.79 Å². The number of hydrogen-bond acceptors (Lipinski definition) is 4. The molecule has 3 rings (SSSR count). The SMILES string of the molecule is COC(OC)C(=O)c1ccc2c(c1)oc1ccccc12. The van der Waals surface area contributed by atoms with Gasteiger partial charge in [0.25, 0.3) is 0 Å². The summed E-state index contributed by atoms with van der Waals surface area (Å²) in [5.41, 5.74) is 2.00. The van der Waals surface area contributed by atoms with Gasteiger partial charge in [-0.05, 0) is 18.2 Å². The predicted molar refractivity (Wildman–Crippen MR) is 75.9 cm³/mol. The van der Waals surface area contributed by atoms with Gasteiger partial charge in [0, 0.05) is 30.6 Å². The van der Waals surface area contributed by atoms with Crippen molar-refractivity contribution in [3.8, 4) is 0 Å². The standard InChI is InChI=1S/C16H14O4/c1-18-16(19-2)15(17)10-7-8-12-11-5-3-4-6-13(11)20-14(12)9-10/h3-9,16H,1-2H3. The second kappa shape index (κ2) is 5.07. The maximum absolute atomic E-state index is 12.2. The number of fused-ring (bicyclic) bond motifs is 3. The van der Waals surface area contributed by atoms with Crippen LogP contribution in [-0.2, 0) is 9.47 Å². The Hall–Kier alpha value is -2.17. The van der Waals surface area contributed by atoms with Gasteiger partial charge in [0.1, 0.15) is 11.2 Å². The summed E-state index contributed by atoms with van der Waals surface area (Å²) in [6, 6.07) is 13.2. The van der Waals surface area contributed by atoms with E-state index >= 15 is 0 Å². The number of ketones is 1. The zero-order chi connectivity index (χ0) is 14.1. The molecule has 2 aromatic carbocycles. The highest BCUT2D eigenvalue weighted by Crippen LogP contribution is 2.29. The van der Waals surface area contributed by atoms with Crippen molar-refractivity contribution in [1.29, 1.82) is 0 Å². The van der Waals surface area contributed by atoms with Crippen LogP contribution in [0.1, 0.15) is 10.4 Å². The van der Waals surface area contributed by atoms with Crippen LogP contribution in [0.5, 0.6) is 0 Å². The lowest BCUT2D eigenvalue weighted by molar-refractivity contribution is -0.0742. The summed E-state index contributed by atoms with van der Waals surface area (Å²) in [5, 5.41) is 2.03. The Bertz CT molecular complexity index is 768. The first kappa shape index (κ1) is 12.8. The molecule has 4 heteroatoms. The van der Waals surface area contributed by atoms with Crippen LogP contribution in [0.2, 0.25) is 0 Å². The van der Waals surface area contributed by atoms with E-state index < -0.39 is 6.29 Å². The van der Waals surface area contributed by atoms with E-state index in [-0.39, 0.29) is 5.78 Å². The molecule has 0 bridgehead atoms. The monoisotopic (exact) mass is 270 g/mol. The number of methoxy groups -OCH3 is 2. The van der Waals surface area contributed by atoms with E-state index in [0.717, 1.165) is 16.4 Å². The van der Waals surface area contributed by atoms with Crippen molar-refractivity contribution < 1.29 is 18.7 Å². The number of furan rings is 1. The summed E-state index contributed by atoms with van der Waals surface area (Å²) in [5.74, 6) is -0.225. The van der Waals surface area contributed by atoms with E-state index in [1.807, 2.05) is 30.3 Å². The largest absolute Gasteiger partial charge is 0.456 e. The lowest BCUT2D eigenvalue weighted by Crippen LogP contribution is -2.24. The number of ether oxygens (including phenoxy) is 2. The van der Waals surface area contributed by atoms with Gasteiger partial charge in [-0.25, -0.2) is 0 Å². The highest BCUT2D eigenvalue weighted by Gasteiger charge is 2.20. The fourth-order valence-corrected chi connectivity index (χ4v) is 2.33. The number of Topliss-reactive ketones (excluding diaryl/α,β-unsaturated/α-hetero) is 1. The van der Waals surface area contributed by atoms with Gasteiger partial charge < -0.3 is 13.9 Å². The van der Waals surface area contributed by atoms with Crippen molar-refractivity contribution in [2.45, 2.75) is 6.29 Å². The summed E-state index contributed by atoms with van der Waals surface area (Å²) in [7, 11) is 2.87. The average molecular weight is 270 g/mol. The molecule has 0 unspecified atom stereocenters. The third-order valence-corrected chi connectivity index (χ3v) is 3.31. The number of carbonyl (C=O) groups excluding carboxylic acids is 1. The van der Waals surface area contributed by atoms with Crippen molar-refractivity contribution in [1.82, 2.24) is 0 Å². The van der Waals surface area contributed by atoms with Crippen molar-refractivity contribution >= 4 is 27.7 Å². The first-order chi connectivity index (χ1) is 9.74. The zero-order valence-corrected chi connectivity index (χ0v) is 11.3. The highest BCUT2D eigenvalue weighted by molar-refractivity contribution is 6.08. The van der Waals surface area contributed by atoms with E-state index in [1.165, 1.54) is 14.2 Å². The molecule has 102 valence electrons. The molecular formula is C16H14O4. The van der Waals surface area contributed by atoms with Gasteiger partial charge in [-0.15, -0.1) is 0 Å². The Morgan fingerprint density at radius 3 is 2.45 bits per heavy atom. The van der Waals surface area contributed by atoms with Crippen LogP contribution in [0.25, 0.3) is 21.9 Å². The maximum atomic E-state index is 12.2. The predicted octanol–water partition coefficient (Wildman–Crippen LogP) is 3.39. The molecule has 0 amide bonds. The minimum Gasteiger partial charge on any atom is -0.456 e. The van der Waals surface area contributed by atoms with Crippen LogP contribution in [0.3, 0.4) is 0 Å². The Kier molecular flexibility index (Phi) is 3.26. The zero-order valence-electron chi connectivity index (χ0n) is 11.3. The van der Waals surface area contributed by atoms with E-state index in [4.69, 9.17) is 13.9 Å². The molecule has 0 spiro atoms. The van der Waals surface area contributed by atoms with Gasteiger partial charge in [0.2, 0.25) is 12.1 Å². The lowest BCUT2D eigenvalue weighted by atomic mass is 10.1. The topological polar surface area (TPSA) is 48.7 Å². The molecule has 3 aromatic rings. The highest BCUT2D eigenvalue weighted by atomic mass is 16.7. The summed E-state index contributed by atoms with van der Waals surface area (Å²) >= 11 is 0. The van der Waals surface area contributed by atoms with Crippen LogP contribution in [0, 0.1) is 0 Å². The van der Waals surface area contributed by atoms with Crippen molar-refractivity contribution in [3.05, 3.63) is 48.0 Å². The molecule has 0 atom stereocenters. The molecule has 0 saturated carbocycles. The van der Waals surface area contributed by atoms with E-state index in [2.05, 4.69) is 0 Å². The number of carbonyl (C=O) groups is 1. The van der Waals surface area contributed by atoms with Gasteiger partial charge in [0.15, 0.2) is 0 Å². The number of benzene rings is 2. The molecule has 0 radical (unpaired) electrons. The number of rotatable bonds is 4. The number of para-hydroxylation sites is 1. The molecule has 4 nitrogen and oxygen atoms in total. The van der Waals surface area contributed by atoms with Crippen molar-refractivity contribution in [2.75, 3.05) is 14.2 Å². The molecule has 0 aliphatic carbocycles. The summed E-state index contributed by atoms with van der Waals surface area (Å²) < 4.78 is 15.7. The van der Waals surface area contributed by atoms with Crippen LogP contribution >= 0.6 is 0 Å². The van der Waals surface area contributed by atoms with Gasteiger partial charge in [0.05, 0.1) is 0 Å². The van der Waals surface area contributed by atoms with Gasteiger partial charge in [-0.1, -0.05) is 24.3 Å².